The van der Waals surface area contributed by atoms with E-state index < -0.39 is 0 Å². The molecule has 1 aromatic carbocycles. The minimum Gasteiger partial charge on any atom is -0.256 e. The first-order chi connectivity index (χ1) is 8.85. The number of hydrogen-bond acceptors (Lipinski definition) is 3. The van der Waals surface area contributed by atoms with Crippen molar-refractivity contribution in [3.8, 4) is 24.7 Å². The van der Waals surface area contributed by atoms with Gasteiger partial charge in [-0.2, -0.15) is 0 Å². The van der Waals surface area contributed by atoms with E-state index in [9.17, 15) is 0 Å². The van der Waals surface area contributed by atoms with Gasteiger partial charge in [-0.3, -0.25) is 4.98 Å². The summed E-state index contributed by atoms with van der Waals surface area (Å²) < 4.78 is 0. The Kier molecular flexibility index (Phi) is 4.59. The van der Waals surface area contributed by atoms with Gasteiger partial charge in [-0.1, -0.05) is 17.9 Å². The molecule has 0 N–H and O–H groups in total. The number of aromatic nitrogens is 1. The molecule has 0 aliphatic heterocycles. The Hall–Kier alpha value is -1.55. The molecule has 0 unspecified atom stereocenters. The molecule has 1 aromatic heterocycles. The fourth-order valence-electron chi connectivity index (χ4n) is 1.56. The molecule has 0 radical (unpaired) electrons. The van der Waals surface area contributed by atoms with E-state index in [1.807, 2.05) is 12.3 Å². The standard InChI is InChI=1S/C15H11NS2/c1-3-9-17-12-5-6-13-14(11-12)16-8-7-15(13)18-10-4-2/h1-2,5-8,11H,9-10H2. The Morgan fingerprint density at radius 2 is 1.83 bits per heavy atom. The topological polar surface area (TPSA) is 12.9 Å². The van der Waals surface area contributed by atoms with E-state index >= 15 is 0 Å². The molecule has 2 aromatic rings. The van der Waals surface area contributed by atoms with Gasteiger partial charge in [0.25, 0.3) is 0 Å². The van der Waals surface area contributed by atoms with Crippen LogP contribution in [0.5, 0.6) is 0 Å². The summed E-state index contributed by atoms with van der Waals surface area (Å²) >= 11 is 3.30. The summed E-state index contributed by atoms with van der Waals surface area (Å²) in [6.07, 6.45) is 12.4. The molecule has 2 rings (SSSR count). The van der Waals surface area contributed by atoms with Gasteiger partial charge in [-0.05, 0) is 18.2 Å². The van der Waals surface area contributed by atoms with Crippen molar-refractivity contribution in [1.82, 2.24) is 4.98 Å². The van der Waals surface area contributed by atoms with E-state index in [0.29, 0.717) is 11.5 Å². The summed E-state index contributed by atoms with van der Waals surface area (Å²) in [7, 11) is 0. The summed E-state index contributed by atoms with van der Waals surface area (Å²) in [5, 5.41) is 1.14. The fraction of sp³-hybridized carbons (Fsp3) is 0.133. The summed E-state index contributed by atoms with van der Waals surface area (Å²) in [5.41, 5.74) is 0.985. The molecule has 0 atom stereocenters. The summed E-state index contributed by atoms with van der Waals surface area (Å²) in [4.78, 5) is 6.71. The third-order valence-corrected chi connectivity index (χ3v) is 4.18. The number of pyridine rings is 1. The number of benzene rings is 1. The lowest BCUT2D eigenvalue weighted by Gasteiger charge is -2.05. The van der Waals surface area contributed by atoms with E-state index in [1.165, 1.54) is 4.90 Å². The van der Waals surface area contributed by atoms with Crippen LogP contribution < -0.4 is 0 Å². The monoisotopic (exact) mass is 269 g/mol. The Balaban J connectivity index is 2.35. The molecule has 1 nitrogen and oxygen atoms in total. The van der Waals surface area contributed by atoms with E-state index in [4.69, 9.17) is 12.8 Å². The maximum Gasteiger partial charge on any atom is 0.0724 e. The average molecular weight is 269 g/mol. The maximum atomic E-state index is 5.29. The van der Waals surface area contributed by atoms with Crippen LogP contribution in [0.1, 0.15) is 0 Å². The first-order valence-corrected chi connectivity index (χ1v) is 7.33. The number of hydrogen-bond donors (Lipinski definition) is 0. The molecular weight excluding hydrogens is 258 g/mol. The van der Waals surface area contributed by atoms with E-state index in [1.54, 1.807) is 23.5 Å². The van der Waals surface area contributed by atoms with Crippen molar-refractivity contribution in [3.63, 3.8) is 0 Å². The van der Waals surface area contributed by atoms with Gasteiger partial charge in [0, 0.05) is 21.4 Å². The molecule has 0 fully saturated rings. The molecule has 18 heavy (non-hydrogen) atoms. The third-order valence-electron chi connectivity index (χ3n) is 2.31. The van der Waals surface area contributed by atoms with Crippen LogP contribution in [-0.4, -0.2) is 16.5 Å². The van der Waals surface area contributed by atoms with Crippen molar-refractivity contribution in [1.29, 1.82) is 0 Å². The molecule has 0 aliphatic carbocycles. The van der Waals surface area contributed by atoms with Crippen LogP contribution in [0.25, 0.3) is 10.9 Å². The highest BCUT2D eigenvalue weighted by Gasteiger charge is 2.03. The number of nitrogens with zero attached hydrogens (tertiary/aromatic N) is 1. The zero-order valence-electron chi connectivity index (χ0n) is 9.72. The number of fused-ring (bicyclic) bond motifs is 1. The summed E-state index contributed by atoms with van der Waals surface area (Å²) in [6.45, 7) is 0. The zero-order chi connectivity index (χ0) is 12.8. The Morgan fingerprint density at radius 1 is 1.06 bits per heavy atom. The van der Waals surface area contributed by atoms with Gasteiger partial charge in [-0.25, -0.2) is 0 Å². The zero-order valence-corrected chi connectivity index (χ0v) is 11.4. The normalized spacial score (nSPS) is 9.89. The predicted octanol–water partition coefficient (Wildman–Crippen LogP) is 3.69. The lowest BCUT2D eigenvalue weighted by molar-refractivity contribution is 1.33. The molecule has 0 saturated heterocycles. The molecule has 1 heterocycles. The second kappa shape index (κ2) is 6.40. The quantitative estimate of drug-likeness (QED) is 0.620. The van der Waals surface area contributed by atoms with E-state index in [2.05, 4.69) is 35.0 Å². The Labute approximate surface area is 116 Å². The molecule has 0 amide bonds. The van der Waals surface area contributed by atoms with Crippen molar-refractivity contribution in [2.24, 2.45) is 0 Å². The summed E-state index contributed by atoms with van der Waals surface area (Å²) in [6, 6.07) is 8.22. The second-order valence-electron chi connectivity index (χ2n) is 3.47. The molecule has 0 spiro atoms. The lowest BCUT2D eigenvalue weighted by atomic mass is 10.2. The molecular formula is C15H11NS2. The third kappa shape index (κ3) is 3.01. The second-order valence-corrected chi connectivity index (χ2v) is 5.54. The van der Waals surface area contributed by atoms with Crippen molar-refractivity contribution in [2.45, 2.75) is 9.79 Å². The first kappa shape index (κ1) is 12.9. The van der Waals surface area contributed by atoms with Crippen LogP contribution in [-0.2, 0) is 0 Å². The number of terminal acetylenes is 2. The SMILES string of the molecule is C#CCSc1ccc2c(SCC#C)ccnc2c1. The van der Waals surface area contributed by atoms with Crippen molar-refractivity contribution >= 4 is 34.4 Å². The lowest BCUT2D eigenvalue weighted by Crippen LogP contribution is -1.84. The molecule has 0 saturated carbocycles. The Morgan fingerprint density at radius 3 is 2.61 bits per heavy atom. The minimum absolute atomic E-state index is 0.673. The van der Waals surface area contributed by atoms with Crippen LogP contribution in [0, 0.1) is 24.7 Å². The van der Waals surface area contributed by atoms with Gasteiger partial charge in [0.15, 0.2) is 0 Å². The molecule has 88 valence electrons. The van der Waals surface area contributed by atoms with Crippen LogP contribution in [0.4, 0.5) is 0 Å². The van der Waals surface area contributed by atoms with E-state index in [0.717, 1.165) is 15.8 Å². The highest BCUT2D eigenvalue weighted by molar-refractivity contribution is 8.00. The number of rotatable bonds is 4. The number of thioether (sulfide) groups is 2. The van der Waals surface area contributed by atoms with Gasteiger partial charge in [-0.15, -0.1) is 36.4 Å². The highest BCUT2D eigenvalue weighted by Crippen LogP contribution is 2.29. The van der Waals surface area contributed by atoms with Gasteiger partial charge >= 0.3 is 0 Å². The smallest absolute Gasteiger partial charge is 0.0724 e. The van der Waals surface area contributed by atoms with Gasteiger partial charge in [0.05, 0.1) is 17.0 Å². The average Bonchev–Trinajstić information content (AvgIpc) is 2.42. The van der Waals surface area contributed by atoms with Crippen LogP contribution in [0.3, 0.4) is 0 Å². The first-order valence-electron chi connectivity index (χ1n) is 5.36. The molecule has 0 aliphatic rings. The molecule has 0 bridgehead atoms. The van der Waals surface area contributed by atoms with Crippen LogP contribution >= 0.6 is 23.5 Å². The largest absolute Gasteiger partial charge is 0.256 e. The summed E-state index contributed by atoms with van der Waals surface area (Å²) in [5.74, 6) is 6.61. The van der Waals surface area contributed by atoms with Crippen LogP contribution in [0.15, 0.2) is 40.3 Å². The highest BCUT2D eigenvalue weighted by atomic mass is 32.2. The predicted molar refractivity (Wildman–Crippen MR) is 80.9 cm³/mol. The Bertz CT molecular complexity index is 635. The maximum absolute atomic E-state index is 5.29. The fourth-order valence-corrected chi connectivity index (χ4v) is 2.89. The van der Waals surface area contributed by atoms with Crippen LogP contribution in [0.2, 0.25) is 0 Å². The minimum atomic E-state index is 0.673. The van der Waals surface area contributed by atoms with Crippen molar-refractivity contribution in [2.75, 3.05) is 11.5 Å². The van der Waals surface area contributed by atoms with Gasteiger partial charge < -0.3 is 0 Å². The van der Waals surface area contributed by atoms with Gasteiger partial charge in [0.2, 0.25) is 0 Å². The van der Waals surface area contributed by atoms with Gasteiger partial charge in [0.1, 0.15) is 0 Å². The van der Waals surface area contributed by atoms with E-state index in [-0.39, 0.29) is 0 Å². The van der Waals surface area contributed by atoms with Crippen molar-refractivity contribution in [3.05, 3.63) is 30.5 Å². The van der Waals surface area contributed by atoms with Crippen molar-refractivity contribution < 1.29 is 0 Å². The molecule has 3 heteroatoms.